The highest BCUT2D eigenvalue weighted by Crippen LogP contribution is 2.42. The van der Waals surface area contributed by atoms with Gasteiger partial charge in [0.05, 0.1) is 50.4 Å². The van der Waals surface area contributed by atoms with Gasteiger partial charge in [-0.1, -0.05) is 88.4 Å². The lowest BCUT2D eigenvalue weighted by molar-refractivity contribution is -0.123. The maximum atomic E-state index is 14.4. The number of primary sulfonamides is 1. The number of aromatic nitrogens is 2. The third kappa shape index (κ3) is 13.4. The predicted molar refractivity (Wildman–Crippen MR) is 250 cm³/mol. The van der Waals surface area contributed by atoms with Crippen LogP contribution >= 0.6 is 23.1 Å². The molecule has 0 aliphatic heterocycles. The molecule has 0 spiro atoms. The van der Waals surface area contributed by atoms with Gasteiger partial charge >= 0.3 is 5.97 Å². The summed E-state index contributed by atoms with van der Waals surface area (Å²) in [5.41, 5.74) is 1.42. The van der Waals surface area contributed by atoms with Crippen molar-refractivity contribution >= 4 is 107 Å². The third-order valence-electron chi connectivity index (χ3n) is 9.91. The zero-order chi connectivity index (χ0) is 46.5. The lowest BCUT2D eigenvalue weighted by Gasteiger charge is -2.22. The lowest BCUT2D eigenvalue weighted by Crippen LogP contribution is -2.27. The molecule has 342 valence electrons. The van der Waals surface area contributed by atoms with Gasteiger partial charge in [-0.2, -0.15) is 4.37 Å². The molecular weight excluding hydrogens is 896 g/mol. The van der Waals surface area contributed by atoms with Crippen LogP contribution in [0.3, 0.4) is 0 Å². The van der Waals surface area contributed by atoms with Crippen LogP contribution in [0.25, 0.3) is 22.0 Å². The minimum atomic E-state index is -4.03. The number of benzene rings is 4. The van der Waals surface area contributed by atoms with Gasteiger partial charge in [-0.05, 0) is 78.6 Å². The number of sulfonamides is 1. The molecule has 6 rings (SSSR count). The summed E-state index contributed by atoms with van der Waals surface area (Å²) in [6.07, 6.45) is 9.70. The Bertz CT molecular complexity index is 2760. The van der Waals surface area contributed by atoms with Crippen molar-refractivity contribution in [3.63, 3.8) is 0 Å². The number of ether oxygens (including phenoxy) is 2. The van der Waals surface area contributed by atoms with Gasteiger partial charge in [-0.15, -0.1) is 10.2 Å². The number of carbonyl (C=O) groups is 4. The summed E-state index contributed by atoms with van der Waals surface area (Å²) in [5, 5.41) is 22.7. The molecule has 0 saturated heterocycles. The fourth-order valence-corrected chi connectivity index (χ4v) is 8.13. The van der Waals surface area contributed by atoms with Crippen molar-refractivity contribution < 1.29 is 41.5 Å². The molecule has 17 nitrogen and oxygen atoms in total. The van der Waals surface area contributed by atoms with Gasteiger partial charge in [0, 0.05) is 19.2 Å². The topological polar surface area (TPSA) is 247 Å². The van der Waals surface area contributed by atoms with Gasteiger partial charge in [0.25, 0.3) is 12.0 Å². The number of anilines is 3. The van der Waals surface area contributed by atoms with Gasteiger partial charge in [0.15, 0.2) is 16.3 Å². The van der Waals surface area contributed by atoms with Gasteiger partial charge in [0.2, 0.25) is 27.7 Å². The quantitative estimate of drug-likeness (QED) is 0.0283. The van der Waals surface area contributed by atoms with Crippen molar-refractivity contribution in [2.24, 2.45) is 15.4 Å². The lowest BCUT2D eigenvalue weighted by atomic mass is 10.1. The van der Waals surface area contributed by atoms with Crippen molar-refractivity contribution in [1.29, 1.82) is 0 Å². The van der Waals surface area contributed by atoms with Crippen molar-refractivity contribution in [1.82, 2.24) is 9.36 Å². The summed E-state index contributed by atoms with van der Waals surface area (Å²) < 4.78 is 46.3. The number of para-hydroxylation sites is 2. The number of nitrogens with two attached hydrogens (primary N) is 1. The Hall–Kier alpha value is -6.28. The molecule has 0 radical (unpaired) electrons. The average Bonchev–Trinajstić information content (AvgIpc) is 3.88. The van der Waals surface area contributed by atoms with E-state index >= 15 is 0 Å². The van der Waals surface area contributed by atoms with E-state index in [1.807, 2.05) is 0 Å². The molecule has 1 unspecified atom stereocenters. The van der Waals surface area contributed by atoms with E-state index in [1.165, 1.54) is 101 Å². The Kier molecular flexibility index (Phi) is 16.7. The number of esters is 1. The largest absolute Gasteiger partial charge is 0.466 e. The van der Waals surface area contributed by atoms with Crippen molar-refractivity contribution in [3.8, 4) is 5.75 Å². The minimum absolute atomic E-state index is 0.0394. The second-order valence-corrected chi connectivity index (χ2v) is 17.9. The molecule has 1 atom stereocenters. The average molecular weight is 946 g/mol. The van der Waals surface area contributed by atoms with E-state index in [4.69, 9.17) is 30.6 Å². The SMILES string of the molecule is CCCCCCCCCCCCOC(=O)c1ccc(Cl)c(NC(=O)C(Oc2c(NC(C)=O)cc(N=Nc3snc4ccc(S(N)(=O)=O)cc34)cc2NC(C)=O)c2nc3ccccc3o2)c1. The normalized spacial score (nSPS) is 12.1. The molecule has 0 bridgehead atoms. The highest BCUT2D eigenvalue weighted by Gasteiger charge is 2.32. The number of unbranched alkanes of at least 4 members (excludes halogenated alkanes) is 9. The predicted octanol–water partition coefficient (Wildman–Crippen LogP) is 10.9. The number of hydrogen-bond acceptors (Lipinski definition) is 14. The molecule has 20 heteroatoms. The van der Waals surface area contributed by atoms with E-state index in [1.54, 1.807) is 24.3 Å². The van der Waals surface area contributed by atoms with E-state index in [2.05, 4.69) is 42.5 Å². The molecule has 5 N–H and O–H groups in total. The Balaban J connectivity index is 1.26. The molecule has 0 aliphatic rings. The Morgan fingerprint density at radius 2 is 1.46 bits per heavy atom. The number of oxazole rings is 1. The first-order valence-corrected chi connectivity index (χ1v) is 23.8. The van der Waals surface area contributed by atoms with E-state index in [0.717, 1.165) is 37.2 Å². The van der Waals surface area contributed by atoms with Crippen molar-refractivity contribution in [3.05, 3.63) is 89.3 Å². The number of fused-ring (bicyclic) bond motifs is 2. The number of hydrogen-bond donors (Lipinski definition) is 4. The van der Waals surface area contributed by atoms with E-state index in [9.17, 15) is 27.6 Å². The second kappa shape index (κ2) is 22.6. The summed E-state index contributed by atoms with van der Waals surface area (Å²) in [4.78, 5) is 57.1. The van der Waals surface area contributed by atoms with Gasteiger partial charge in [-0.3, -0.25) is 14.4 Å². The minimum Gasteiger partial charge on any atom is -0.466 e. The number of rotatable bonds is 22. The highest BCUT2D eigenvalue weighted by atomic mass is 35.5. The second-order valence-electron chi connectivity index (χ2n) is 15.2. The van der Waals surface area contributed by atoms with Crippen LogP contribution in [0.15, 0.2) is 92.3 Å². The molecule has 2 heterocycles. The molecule has 0 fully saturated rings. The molecule has 3 amide bonds. The van der Waals surface area contributed by atoms with Gasteiger partial charge < -0.3 is 29.8 Å². The zero-order valence-electron chi connectivity index (χ0n) is 36.0. The smallest absolute Gasteiger partial charge is 0.338 e. The first kappa shape index (κ1) is 48.2. The molecule has 0 saturated carbocycles. The fourth-order valence-electron chi connectivity index (χ4n) is 6.74. The van der Waals surface area contributed by atoms with Gasteiger partial charge in [0.1, 0.15) is 5.52 Å². The number of azo groups is 1. The van der Waals surface area contributed by atoms with Crippen LogP contribution in [0.4, 0.5) is 27.8 Å². The molecule has 4 aromatic carbocycles. The number of amides is 3. The summed E-state index contributed by atoms with van der Waals surface area (Å²) in [5.74, 6) is -2.92. The van der Waals surface area contributed by atoms with Crippen LogP contribution in [-0.4, -0.2) is 48.1 Å². The summed E-state index contributed by atoms with van der Waals surface area (Å²) in [7, 11) is -4.03. The molecule has 0 aliphatic carbocycles. The maximum absolute atomic E-state index is 14.4. The van der Waals surface area contributed by atoms with Crippen LogP contribution in [0.2, 0.25) is 5.02 Å². The fraction of sp³-hybridized carbons (Fsp3) is 0.333. The Morgan fingerprint density at radius 3 is 2.11 bits per heavy atom. The molecule has 65 heavy (non-hydrogen) atoms. The first-order valence-electron chi connectivity index (χ1n) is 21.1. The van der Waals surface area contributed by atoms with Crippen LogP contribution < -0.4 is 25.8 Å². The van der Waals surface area contributed by atoms with Crippen LogP contribution in [0, 0.1) is 0 Å². The maximum Gasteiger partial charge on any atom is 0.338 e. The third-order valence-corrected chi connectivity index (χ3v) is 11.9. The van der Waals surface area contributed by atoms with E-state index < -0.39 is 39.8 Å². The number of carbonyl (C=O) groups excluding carboxylic acids is 4. The van der Waals surface area contributed by atoms with Crippen LogP contribution in [0.5, 0.6) is 5.75 Å². The van der Waals surface area contributed by atoms with E-state index in [0.29, 0.717) is 22.0 Å². The molecule has 2 aromatic heterocycles. The number of halogens is 1. The van der Waals surface area contributed by atoms with Crippen LogP contribution in [-0.2, 0) is 29.1 Å². The van der Waals surface area contributed by atoms with Crippen molar-refractivity contribution in [2.45, 2.75) is 96.0 Å². The molecule has 6 aromatic rings. The Labute approximate surface area is 384 Å². The Morgan fingerprint density at radius 1 is 0.800 bits per heavy atom. The van der Waals surface area contributed by atoms with Gasteiger partial charge in [-0.25, -0.2) is 23.3 Å². The first-order chi connectivity index (χ1) is 31.2. The molecular formula is C45H49ClN8O9S2. The van der Waals surface area contributed by atoms with Crippen LogP contribution in [0.1, 0.15) is 107 Å². The number of nitrogens with one attached hydrogen (secondary N) is 3. The number of nitrogens with zero attached hydrogens (tertiary/aromatic N) is 4. The van der Waals surface area contributed by atoms with Crippen molar-refractivity contribution in [2.75, 3.05) is 22.6 Å². The standard InChI is InChI=1S/C45H49ClN8O9S2/c1-4-5-6-7-8-9-10-11-12-15-22-61-45(58)29-18-20-33(46)36(23-29)50-42(57)41(43-51-35-16-13-14-17-39(35)62-43)63-40-37(48-27(2)55)24-30(25-38(40)49-28(3)56)52-53-44-32-26-31(65(47,59)60)19-21-34(32)54-64-44/h13-14,16-21,23-26,41H,4-12,15,22H2,1-3H3,(H,48,55)(H,49,56)(H,50,57)(H2,47,59,60). The summed E-state index contributed by atoms with van der Waals surface area (Å²) in [6, 6.07) is 18.0. The zero-order valence-corrected chi connectivity index (χ0v) is 38.4. The monoisotopic (exact) mass is 944 g/mol. The van der Waals surface area contributed by atoms with E-state index in [-0.39, 0.29) is 61.5 Å². The highest BCUT2D eigenvalue weighted by molar-refractivity contribution is 7.89. The summed E-state index contributed by atoms with van der Waals surface area (Å²) >= 11 is 7.51. The summed E-state index contributed by atoms with van der Waals surface area (Å²) in [6.45, 7) is 4.93.